The van der Waals surface area contributed by atoms with Crippen molar-refractivity contribution >= 4 is 22.4 Å². The average molecular weight is 390 g/mol. The van der Waals surface area contributed by atoms with Crippen LogP contribution in [0.3, 0.4) is 0 Å². The van der Waals surface area contributed by atoms with Crippen LogP contribution in [-0.2, 0) is 0 Å². The van der Waals surface area contributed by atoms with Crippen molar-refractivity contribution < 1.29 is 10.2 Å². The third kappa shape index (κ3) is 3.11. The lowest BCUT2D eigenvalue weighted by molar-refractivity contribution is -0.0732. The van der Waals surface area contributed by atoms with Gasteiger partial charge in [0.05, 0.1) is 23.4 Å². The quantitative estimate of drug-likeness (QED) is 0.393. The Bertz CT molecular complexity index is 1180. The average Bonchev–Trinajstić information content (AvgIpc) is 3.18. The molecule has 0 aliphatic carbocycles. The molecule has 4 aromatic rings. The molecular formula is C21H22N6O2. The van der Waals surface area contributed by atoms with E-state index in [0.717, 1.165) is 34.1 Å². The Balaban J connectivity index is 1.58. The molecule has 148 valence electrons. The first-order valence-corrected chi connectivity index (χ1v) is 9.69. The highest BCUT2D eigenvalue weighted by molar-refractivity contribution is 5.97. The van der Waals surface area contributed by atoms with Gasteiger partial charge in [0.2, 0.25) is 0 Å². The number of benzene rings is 1. The van der Waals surface area contributed by atoms with Crippen molar-refractivity contribution in [3.8, 4) is 11.1 Å². The summed E-state index contributed by atoms with van der Waals surface area (Å²) < 4.78 is 1.65. The Morgan fingerprint density at radius 1 is 1.14 bits per heavy atom. The summed E-state index contributed by atoms with van der Waals surface area (Å²) in [4.78, 5) is 9.45. The molecule has 1 saturated heterocycles. The van der Waals surface area contributed by atoms with Gasteiger partial charge in [0.1, 0.15) is 5.82 Å². The first kappa shape index (κ1) is 18.0. The first-order valence-electron chi connectivity index (χ1n) is 9.69. The van der Waals surface area contributed by atoms with Crippen LogP contribution in [0.2, 0.25) is 0 Å². The minimum absolute atomic E-state index is 0.144. The third-order valence-electron chi connectivity index (χ3n) is 5.67. The molecule has 0 bridgehead atoms. The summed E-state index contributed by atoms with van der Waals surface area (Å²) in [6.45, 7) is 0.615. The highest BCUT2D eigenvalue weighted by Crippen LogP contribution is 2.32. The van der Waals surface area contributed by atoms with Gasteiger partial charge in [0, 0.05) is 41.2 Å². The molecule has 0 spiro atoms. The van der Waals surface area contributed by atoms with Crippen LogP contribution in [-0.4, -0.2) is 48.7 Å². The maximum Gasteiger partial charge on any atom is 0.167 e. The summed E-state index contributed by atoms with van der Waals surface area (Å²) in [6, 6.07) is 11.6. The zero-order valence-corrected chi connectivity index (χ0v) is 15.7. The molecule has 2 unspecified atom stereocenters. The predicted molar refractivity (Wildman–Crippen MR) is 110 cm³/mol. The molecule has 5 N–H and O–H groups in total. The zero-order chi connectivity index (χ0) is 20.0. The van der Waals surface area contributed by atoms with Gasteiger partial charge in [0.25, 0.3) is 0 Å². The molecule has 1 aliphatic heterocycles. The molecule has 4 heterocycles. The summed E-state index contributed by atoms with van der Waals surface area (Å²) in [7, 11) is 0. The number of aliphatic hydroxyl groups is 2. The number of piperidine rings is 1. The van der Waals surface area contributed by atoms with Crippen molar-refractivity contribution in [2.45, 2.75) is 31.1 Å². The van der Waals surface area contributed by atoms with Crippen LogP contribution in [0.4, 0.5) is 5.82 Å². The maximum atomic E-state index is 9.38. The first-order chi connectivity index (χ1) is 14.1. The van der Waals surface area contributed by atoms with Gasteiger partial charge in [-0.1, -0.05) is 24.3 Å². The Hall–Kier alpha value is -3.07. The summed E-state index contributed by atoms with van der Waals surface area (Å²) in [5, 5.41) is 27.4. The topological polar surface area (TPSA) is 122 Å². The maximum absolute atomic E-state index is 9.38. The fraction of sp³-hybridized carbons (Fsp3) is 0.286. The second kappa shape index (κ2) is 7.07. The minimum atomic E-state index is -1.35. The summed E-state index contributed by atoms with van der Waals surface area (Å²) in [5.41, 5.74) is 10.6. The van der Waals surface area contributed by atoms with Gasteiger partial charge in [-0.25, -0.2) is 4.98 Å². The smallest absolute Gasteiger partial charge is 0.167 e. The molecular weight excluding hydrogens is 368 g/mol. The molecule has 29 heavy (non-hydrogen) atoms. The molecule has 5 rings (SSSR count). The fourth-order valence-corrected chi connectivity index (χ4v) is 4.11. The minimum Gasteiger partial charge on any atom is -0.384 e. The van der Waals surface area contributed by atoms with Crippen LogP contribution in [0.25, 0.3) is 27.7 Å². The van der Waals surface area contributed by atoms with Crippen LogP contribution in [0.1, 0.15) is 24.5 Å². The van der Waals surface area contributed by atoms with E-state index in [1.807, 2.05) is 36.4 Å². The number of fused-ring (bicyclic) bond motifs is 2. The number of hydrogen-bond acceptors (Lipinski definition) is 7. The SMILES string of the molecule is Nc1cc(C2CCC(C(O)O)NC2)nc2c(-c3cccc4cccnc34)cnn12. The second-order valence-electron chi connectivity index (χ2n) is 7.48. The molecule has 8 heteroatoms. The number of pyridine rings is 1. The molecule has 1 aliphatic rings. The van der Waals surface area contributed by atoms with Gasteiger partial charge in [-0.15, -0.1) is 0 Å². The molecule has 1 aromatic carbocycles. The number of anilines is 1. The second-order valence-corrected chi connectivity index (χ2v) is 7.48. The molecule has 2 atom stereocenters. The van der Waals surface area contributed by atoms with Crippen LogP contribution in [0, 0.1) is 0 Å². The number of aromatic nitrogens is 4. The lowest BCUT2D eigenvalue weighted by Gasteiger charge is -2.30. The lowest BCUT2D eigenvalue weighted by atomic mass is 9.91. The summed E-state index contributed by atoms with van der Waals surface area (Å²) in [6.07, 6.45) is 3.68. The van der Waals surface area contributed by atoms with Crippen molar-refractivity contribution in [3.63, 3.8) is 0 Å². The molecule has 1 fully saturated rings. The monoisotopic (exact) mass is 390 g/mol. The molecule has 0 saturated carbocycles. The van der Waals surface area contributed by atoms with Gasteiger partial charge in [-0.3, -0.25) is 4.98 Å². The number of nitrogens with one attached hydrogen (secondary N) is 1. The molecule has 3 aromatic heterocycles. The Morgan fingerprint density at radius 3 is 2.79 bits per heavy atom. The van der Waals surface area contributed by atoms with E-state index in [1.165, 1.54) is 0 Å². The van der Waals surface area contributed by atoms with Crippen LogP contribution in [0.5, 0.6) is 0 Å². The molecule has 0 amide bonds. The van der Waals surface area contributed by atoms with Gasteiger partial charge in [0.15, 0.2) is 11.9 Å². The van der Waals surface area contributed by atoms with Gasteiger partial charge >= 0.3 is 0 Å². The predicted octanol–water partition coefficient (Wildman–Crippen LogP) is 1.67. The highest BCUT2D eigenvalue weighted by atomic mass is 16.5. The Labute approximate surface area is 167 Å². The number of aliphatic hydroxyl groups excluding tert-OH is 1. The van der Waals surface area contributed by atoms with Crippen LogP contribution in [0.15, 0.2) is 48.8 Å². The van der Waals surface area contributed by atoms with Crippen molar-refractivity contribution in [1.82, 2.24) is 24.9 Å². The fourth-order valence-electron chi connectivity index (χ4n) is 4.11. The number of nitrogen functional groups attached to an aromatic ring is 1. The van der Waals surface area contributed by atoms with E-state index in [2.05, 4.69) is 15.4 Å². The van der Waals surface area contributed by atoms with Crippen molar-refractivity contribution in [2.24, 2.45) is 0 Å². The van der Waals surface area contributed by atoms with Gasteiger partial charge in [-0.05, 0) is 18.9 Å². The number of nitrogens with two attached hydrogens (primary N) is 1. The third-order valence-corrected chi connectivity index (χ3v) is 5.67. The highest BCUT2D eigenvalue weighted by Gasteiger charge is 2.27. The van der Waals surface area contributed by atoms with E-state index in [9.17, 15) is 10.2 Å². The van der Waals surface area contributed by atoms with Crippen molar-refractivity contribution in [1.29, 1.82) is 0 Å². The number of rotatable bonds is 3. The van der Waals surface area contributed by atoms with Crippen LogP contribution >= 0.6 is 0 Å². The molecule has 0 radical (unpaired) electrons. The summed E-state index contributed by atoms with van der Waals surface area (Å²) in [5.74, 6) is 0.666. The number of nitrogens with zero attached hydrogens (tertiary/aromatic N) is 4. The van der Waals surface area contributed by atoms with E-state index in [-0.39, 0.29) is 12.0 Å². The van der Waals surface area contributed by atoms with E-state index >= 15 is 0 Å². The van der Waals surface area contributed by atoms with Crippen LogP contribution < -0.4 is 11.1 Å². The largest absolute Gasteiger partial charge is 0.384 e. The Morgan fingerprint density at radius 2 is 2.00 bits per heavy atom. The molecule has 8 nitrogen and oxygen atoms in total. The van der Waals surface area contributed by atoms with E-state index in [1.54, 1.807) is 16.9 Å². The lowest BCUT2D eigenvalue weighted by Crippen LogP contribution is -2.45. The standard InChI is InChI=1S/C21H22N6O2/c22-18-9-17(13-6-7-16(21(28)29)24-10-13)26-20-15(11-25-27(18)20)14-5-1-3-12-4-2-8-23-19(12)14/h1-5,8-9,11,13,16,21,24,28-29H,6-7,10,22H2. The zero-order valence-electron chi connectivity index (χ0n) is 15.7. The Kier molecular flexibility index (Phi) is 4.39. The van der Waals surface area contributed by atoms with Crippen molar-refractivity contribution in [3.05, 3.63) is 54.5 Å². The van der Waals surface area contributed by atoms with Gasteiger partial charge < -0.3 is 21.3 Å². The number of hydrogen-bond donors (Lipinski definition) is 4. The van der Waals surface area contributed by atoms with E-state index in [0.29, 0.717) is 24.4 Å². The van der Waals surface area contributed by atoms with E-state index in [4.69, 9.17) is 10.7 Å². The van der Waals surface area contributed by atoms with Gasteiger partial charge in [-0.2, -0.15) is 9.61 Å². The normalized spacial score (nSPS) is 20.0. The number of para-hydroxylation sites is 1. The van der Waals surface area contributed by atoms with Crippen molar-refractivity contribution in [2.75, 3.05) is 12.3 Å². The van der Waals surface area contributed by atoms with E-state index < -0.39 is 6.29 Å². The summed E-state index contributed by atoms with van der Waals surface area (Å²) >= 11 is 0.